The Hall–Kier alpha value is -0.930. The molecule has 0 spiro atoms. The van der Waals surface area contributed by atoms with Gasteiger partial charge in [0.15, 0.2) is 0 Å². The van der Waals surface area contributed by atoms with E-state index in [0.29, 0.717) is 0 Å². The van der Waals surface area contributed by atoms with Gasteiger partial charge in [-0.3, -0.25) is 0 Å². The van der Waals surface area contributed by atoms with Crippen molar-refractivity contribution in [3.8, 4) is 0 Å². The smallest absolute Gasteiger partial charge is 0.0956 e. The molecule has 2 N–H and O–H groups in total. The van der Waals surface area contributed by atoms with Crippen molar-refractivity contribution in [2.45, 2.75) is 44.6 Å². The first-order chi connectivity index (χ1) is 8.65. The molecule has 2 unspecified atom stereocenters. The highest BCUT2D eigenvalue weighted by Gasteiger charge is 2.32. The van der Waals surface area contributed by atoms with Crippen LogP contribution in [0.3, 0.4) is 0 Å². The summed E-state index contributed by atoms with van der Waals surface area (Å²) in [7, 11) is 0. The Balaban J connectivity index is 1.82. The number of rotatable bonds is 2. The van der Waals surface area contributed by atoms with E-state index in [1.54, 1.807) is 11.3 Å². The lowest BCUT2D eigenvalue weighted by molar-refractivity contribution is 0.235. The maximum Gasteiger partial charge on any atom is 0.0956 e. The molecule has 2 nitrogen and oxygen atoms in total. The molecule has 1 aromatic heterocycles. The molecule has 2 aromatic rings. The highest BCUT2D eigenvalue weighted by atomic mass is 32.1. The number of aromatic nitrogens is 1. The molecule has 3 heteroatoms. The van der Waals surface area contributed by atoms with Crippen LogP contribution in [0.2, 0.25) is 0 Å². The van der Waals surface area contributed by atoms with E-state index in [-0.39, 0.29) is 5.54 Å². The number of hydrogen-bond acceptors (Lipinski definition) is 3. The van der Waals surface area contributed by atoms with Gasteiger partial charge in [-0.2, -0.15) is 0 Å². The fourth-order valence-corrected chi connectivity index (χ4v) is 4.28. The lowest BCUT2D eigenvalue weighted by Crippen LogP contribution is -2.45. The summed E-state index contributed by atoms with van der Waals surface area (Å²) in [5.74, 6) is 0.762. The number of para-hydroxylation sites is 1. The van der Waals surface area contributed by atoms with E-state index >= 15 is 0 Å². The zero-order valence-electron chi connectivity index (χ0n) is 10.9. The van der Waals surface area contributed by atoms with Crippen molar-refractivity contribution < 1.29 is 0 Å². The van der Waals surface area contributed by atoms with Gasteiger partial charge in [0.2, 0.25) is 0 Å². The predicted octanol–water partition coefficient (Wildman–Crippen LogP) is 3.75. The van der Waals surface area contributed by atoms with Gasteiger partial charge in [0.1, 0.15) is 0 Å². The highest BCUT2D eigenvalue weighted by Crippen LogP contribution is 2.34. The van der Waals surface area contributed by atoms with E-state index in [1.807, 2.05) is 6.07 Å². The summed E-state index contributed by atoms with van der Waals surface area (Å²) in [5.41, 5.74) is 7.66. The van der Waals surface area contributed by atoms with Crippen molar-refractivity contribution in [3.05, 3.63) is 29.3 Å². The summed E-state index contributed by atoms with van der Waals surface area (Å²) in [6, 6.07) is 8.35. The summed E-state index contributed by atoms with van der Waals surface area (Å²) >= 11 is 1.80. The molecule has 0 radical (unpaired) electrons. The second kappa shape index (κ2) is 4.63. The van der Waals surface area contributed by atoms with Gasteiger partial charge >= 0.3 is 0 Å². The molecule has 0 aliphatic heterocycles. The number of fused-ring (bicyclic) bond motifs is 1. The summed E-state index contributed by atoms with van der Waals surface area (Å²) < 4.78 is 1.28. The van der Waals surface area contributed by atoms with Gasteiger partial charge in [-0.05, 0) is 30.9 Å². The van der Waals surface area contributed by atoms with Crippen LogP contribution in [0.5, 0.6) is 0 Å². The van der Waals surface area contributed by atoms with E-state index in [4.69, 9.17) is 10.7 Å². The quantitative estimate of drug-likeness (QED) is 0.893. The maximum absolute atomic E-state index is 6.57. The molecule has 0 saturated heterocycles. The van der Waals surface area contributed by atoms with Crippen molar-refractivity contribution in [2.75, 3.05) is 0 Å². The molecule has 2 atom stereocenters. The van der Waals surface area contributed by atoms with Crippen LogP contribution >= 0.6 is 11.3 Å². The zero-order chi connectivity index (χ0) is 12.6. The molecule has 1 heterocycles. The minimum Gasteiger partial charge on any atom is -0.325 e. The van der Waals surface area contributed by atoms with Gasteiger partial charge in [-0.1, -0.05) is 31.9 Å². The van der Waals surface area contributed by atoms with Crippen molar-refractivity contribution >= 4 is 21.6 Å². The van der Waals surface area contributed by atoms with E-state index in [0.717, 1.165) is 30.7 Å². The van der Waals surface area contributed by atoms with Crippen molar-refractivity contribution in [3.63, 3.8) is 0 Å². The van der Waals surface area contributed by atoms with E-state index < -0.39 is 0 Å². The first-order valence-corrected chi connectivity index (χ1v) is 7.60. The fraction of sp³-hybridized carbons (Fsp3) is 0.533. The molecule has 3 rings (SSSR count). The Morgan fingerprint density at radius 1 is 1.44 bits per heavy atom. The molecule has 1 aliphatic carbocycles. The molecule has 1 aromatic carbocycles. The van der Waals surface area contributed by atoms with Crippen molar-refractivity contribution in [2.24, 2.45) is 11.7 Å². The molecule has 1 fully saturated rings. The zero-order valence-corrected chi connectivity index (χ0v) is 11.7. The number of nitrogens with two attached hydrogens (primary N) is 1. The summed E-state index contributed by atoms with van der Waals surface area (Å²) in [5, 5.41) is 1.20. The average molecular weight is 260 g/mol. The lowest BCUT2D eigenvalue weighted by Gasteiger charge is -2.36. The Morgan fingerprint density at radius 3 is 3.06 bits per heavy atom. The molecule has 96 valence electrons. The van der Waals surface area contributed by atoms with Gasteiger partial charge in [0.25, 0.3) is 0 Å². The molecule has 1 aliphatic rings. The summed E-state index contributed by atoms with van der Waals surface area (Å²) in [6.07, 6.45) is 5.83. The molecule has 0 amide bonds. The first-order valence-electron chi connectivity index (χ1n) is 6.78. The van der Waals surface area contributed by atoms with Crippen LogP contribution in [0.25, 0.3) is 10.2 Å². The van der Waals surface area contributed by atoms with Crippen LogP contribution < -0.4 is 5.73 Å². The predicted molar refractivity (Wildman–Crippen MR) is 77.9 cm³/mol. The van der Waals surface area contributed by atoms with Gasteiger partial charge in [-0.15, -0.1) is 11.3 Å². The average Bonchev–Trinajstić information content (AvgIpc) is 2.69. The second-order valence-electron chi connectivity index (χ2n) is 5.82. The van der Waals surface area contributed by atoms with Gasteiger partial charge in [0.05, 0.1) is 15.2 Å². The molecule has 18 heavy (non-hydrogen) atoms. The summed E-state index contributed by atoms with van der Waals surface area (Å²) in [4.78, 5) is 4.72. The standard InChI is InChI=1S/C15H20N2S/c1-11-5-4-8-15(16,9-11)10-14-17-12-6-2-3-7-13(12)18-14/h2-3,6-7,11H,4-5,8-10,16H2,1H3. The van der Waals surface area contributed by atoms with E-state index in [2.05, 4.69) is 25.1 Å². The third-order valence-corrected chi connectivity index (χ3v) is 5.00. The van der Waals surface area contributed by atoms with Crippen molar-refractivity contribution in [1.82, 2.24) is 4.98 Å². The van der Waals surface area contributed by atoms with E-state index in [9.17, 15) is 0 Å². The second-order valence-corrected chi connectivity index (χ2v) is 6.93. The van der Waals surface area contributed by atoms with Gasteiger partial charge in [-0.25, -0.2) is 4.98 Å². The van der Waals surface area contributed by atoms with Gasteiger partial charge < -0.3 is 5.73 Å². The van der Waals surface area contributed by atoms with Crippen LogP contribution in [0.4, 0.5) is 0 Å². The number of hydrogen-bond donors (Lipinski definition) is 1. The third-order valence-electron chi connectivity index (χ3n) is 3.97. The fourth-order valence-electron chi connectivity index (χ4n) is 3.16. The third kappa shape index (κ3) is 2.43. The molecule has 1 saturated carbocycles. The molecular weight excluding hydrogens is 240 g/mol. The Morgan fingerprint density at radius 2 is 2.28 bits per heavy atom. The van der Waals surface area contributed by atoms with Crippen molar-refractivity contribution in [1.29, 1.82) is 0 Å². The minimum absolute atomic E-state index is 0.0223. The van der Waals surface area contributed by atoms with Crippen LogP contribution in [0, 0.1) is 5.92 Å². The van der Waals surface area contributed by atoms with E-state index in [1.165, 1.54) is 22.5 Å². The van der Waals surface area contributed by atoms with Crippen LogP contribution in [0.15, 0.2) is 24.3 Å². The topological polar surface area (TPSA) is 38.9 Å². The van der Waals surface area contributed by atoms with Gasteiger partial charge in [0, 0.05) is 12.0 Å². The number of benzene rings is 1. The Kier molecular flexibility index (Phi) is 3.12. The monoisotopic (exact) mass is 260 g/mol. The van der Waals surface area contributed by atoms with Crippen LogP contribution in [0.1, 0.15) is 37.6 Å². The summed E-state index contributed by atoms with van der Waals surface area (Å²) in [6.45, 7) is 2.32. The molecule has 0 bridgehead atoms. The highest BCUT2D eigenvalue weighted by molar-refractivity contribution is 7.18. The first kappa shape index (κ1) is 12.1. The Labute approximate surface area is 112 Å². The Bertz CT molecular complexity index is 515. The molecular formula is C15H20N2S. The van der Waals surface area contributed by atoms with Crippen LogP contribution in [-0.4, -0.2) is 10.5 Å². The maximum atomic E-state index is 6.57. The normalized spacial score (nSPS) is 28.7. The lowest BCUT2D eigenvalue weighted by atomic mass is 9.75. The number of nitrogens with zero attached hydrogens (tertiary/aromatic N) is 1. The SMILES string of the molecule is CC1CCCC(N)(Cc2nc3ccccc3s2)C1. The number of thiazole rings is 1. The van der Waals surface area contributed by atoms with Crippen LogP contribution in [-0.2, 0) is 6.42 Å². The largest absolute Gasteiger partial charge is 0.325 e. The minimum atomic E-state index is -0.0223.